The van der Waals surface area contributed by atoms with Crippen molar-refractivity contribution in [1.29, 1.82) is 0 Å². The molecule has 0 radical (unpaired) electrons. The van der Waals surface area contributed by atoms with Crippen molar-refractivity contribution >= 4 is 5.84 Å². The Balaban J connectivity index is 1.80. The van der Waals surface area contributed by atoms with E-state index in [0.29, 0.717) is 6.54 Å². The number of hydrogen-bond donors (Lipinski definition) is 2. The molecule has 0 aliphatic carbocycles. The number of hydrogen-bond acceptors (Lipinski definition) is 5. The second-order valence-corrected chi connectivity index (χ2v) is 5.31. The summed E-state index contributed by atoms with van der Waals surface area (Å²) in [6, 6.07) is 5.16. The van der Waals surface area contributed by atoms with Gasteiger partial charge in [0, 0.05) is 51.5 Å². The molecule has 1 atom stereocenters. The fourth-order valence-corrected chi connectivity index (χ4v) is 2.54. The number of rotatable bonds is 5. The Morgan fingerprint density at radius 1 is 1.33 bits per heavy atom. The number of piperazine rings is 1. The highest BCUT2D eigenvalue weighted by Crippen LogP contribution is 2.06. The predicted molar refractivity (Wildman–Crippen MR) is 81.6 cm³/mol. The van der Waals surface area contributed by atoms with E-state index in [2.05, 4.69) is 15.0 Å². The van der Waals surface area contributed by atoms with Gasteiger partial charge in [0.2, 0.25) is 0 Å². The molecule has 1 aromatic heterocycles. The second kappa shape index (κ2) is 7.24. The largest absolute Gasteiger partial charge is 0.409 e. The van der Waals surface area contributed by atoms with Gasteiger partial charge in [0.25, 0.3) is 5.56 Å². The van der Waals surface area contributed by atoms with Gasteiger partial charge < -0.3 is 15.5 Å². The van der Waals surface area contributed by atoms with Gasteiger partial charge in [-0.25, -0.2) is 0 Å². The van der Waals surface area contributed by atoms with Crippen molar-refractivity contribution in [2.75, 3.05) is 32.7 Å². The lowest BCUT2D eigenvalue weighted by molar-refractivity contribution is 0.118. The first-order chi connectivity index (χ1) is 10.1. The molecule has 0 amide bonds. The van der Waals surface area contributed by atoms with Crippen LogP contribution in [0.4, 0.5) is 0 Å². The van der Waals surface area contributed by atoms with Gasteiger partial charge in [-0.05, 0) is 13.0 Å². The zero-order valence-electron chi connectivity index (χ0n) is 12.4. The Labute approximate surface area is 124 Å². The summed E-state index contributed by atoms with van der Waals surface area (Å²) in [4.78, 5) is 16.1. The fourth-order valence-electron chi connectivity index (χ4n) is 2.54. The molecule has 3 N–H and O–H groups in total. The maximum absolute atomic E-state index is 11.6. The second-order valence-electron chi connectivity index (χ2n) is 5.31. The molecule has 2 heterocycles. The molecule has 1 aliphatic rings. The Bertz CT molecular complexity index is 534. The van der Waals surface area contributed by atoms with Crippen LogP contribution in [0.2, 0.25) is 0 Å². The molecule has 116 valence electrons. The number of aromatic nitrogens is 1. The Hall–Kier alpha value is -1.86. The number of oxime groups is 1. The minimum Gasteiger partial charge on any atom is -0.409 e. The lowest BCUT2D eigenvalue weighted by Crippen LogP contribution is -2.53. The molecular weight excluding hydrogens is 270 g/mol. The molecule has 0 aromatic carbocycles. The van der Waals surface area contributed by atoms with E-state index in [1.165, 1.54) is 0 Å². The summed E-state index contributed by atoms with van der Waals surface area (Å²) in [5, 5.41) is 11.8. The van der Waals surface area contributed by atoms with Crippen molar-refractivity contribution < 1.29 is 5.21 Å². The summed E-state index contributed by atoms with van der Waals surface area (Å²) < 4.78 is 1.73. The summed E-state index contributed by atoms with van der Waals surface area (Å²) >= 11 is 0. The van der Waals surface area contributed by atoms with Crippen LogP contribution >= 0.6 is 0 Å². The minimum atomic E-state index is -0.0473. The van der Waals surface area contributed by atoms with Gasteiger partial charge >= 0.3 is 0 Å². The first-order valence-electron chi connectivity index (χ1n) is 7.21. The fraction of sp³-hybridized carbons (Fsp3) is 0.571. The van der Waals surface area contributed by atoms with Gasteiger partial charge in [0.15, 0.2) is 5.84 Å². The summed E-state index contributed by atoms with van der Waals surface area (Å²) in [6.07, 6.45) is 1.82. The molecule has 0 saturated carbocycles. The molecule has 1 aromatic rings. The monoisotopic (exact) mass is 293 g/mol. The molecule has 1 aliphatic heterocycles. The van der Waals surface area contributed by atoms with Crippen LogP contribution in [0.3, 0.4) is 0 Å². The van der Waals surface area contributed by atoms with Crippen molar-refractivity contribution in [3.63, 3.8) is 0 Å². The first-order valence-corrected chi connectivity index (χ1v) is 7.21. The third-order valence-corrected chi connectivity index (χ3v) is 4.05. The zero-order chi connectivity index (χ0) is 15.2. The number of nitrogens with zero attached hydrogens (tertiary/aromatic N) is 4. The van der Waals surface area contributed by atoms with E-state index in [0.717, 1.165) is 32.7 Å². The average Bonchev–Trinajstić information content (AvgIpc) is 2.53. The zero-order valence-corrected chi connectivity index (χ0v) is 12.4. The summed E-state index contributed by atoms with van der Waals surface area (Å²) in [5.41, 5.74) is 5.68. The third-order valence-electron chi connectivity index (χ3n) is 4.05. The highest BCUT2D eigenvalue weighted by atomic mass is 16.4. The van der Waals surface area contributed by atoms with E-state index >= 15 is 0 Å². The smallest absolute Gasteiger partial charge is 0.250 e. The topological polar surface area (TPSA) is 87.1 Å². The highest BCUT2D eigenvalue weighted by Gasteiger charge is 2.23. The number of pyridine rings is 1. The predicted octanol–water partition coefficient (Wildman–Crippen LogP) is -0.399. The SMILES string of the molecule is CC(/C(N)=N/O)N1CCN(CCn2ccccc2=O)CC1. The van der Waals surface area contributed by atoms with E-state index in [1.807, 2.05) is 19.2 Å². The van der Waals surface area contributed by atoms with E-state index in [4.69, 9.17) is 10.9 Å². The lowest BCUT2D eigenvalue weighted by Gasteiger charge is -2.37. The molecule has 1 saturated heterocycles. The van der Waals surface area contributed by atoms with Crippen molar-refractivity contribution in [3.8, 4) is 0 Å². The minimum absolute atomic E-state index is 0.0386. The summed E-state index contributed by atoms with van der Waals surface area (Å²) in [7, 11) is 0. The van der Waals surface area contributed by atoms with Crippen LogP contribution in [-0.2, 0) is 6.54 Å². The van der Waals surface area contributed by atoms with Crippen LogP contribution in [0.15, 0.2) is 34.3 Å². The van der Waals surface area contributed by atoms with Crippen LogP contribution in [0.5, 0.6) is 0 Å². The third kappa shape index (κ3) is 4.05. The van der Waals surface area contributed by atoms with Crippen LogP contribution in [0.25, 0.3) is 0 Å². The standard InChI is InChI=1S/C14H23N5O2/c1-12(14(15)16-21)18-9-6-17(7-10-18)8-11-19-5-3-2-4-13(19)20/h2-5,12,21H,6-11H2,1H3,(H2,15,16). The Morgan fingerprint density at radius 2 is 2.05 bits per heavy atom. The molecule has 21 heavy (non-hydrogen) atoms. The molecule has 7 nitrogen and oxygen atoms in total. The van der Waals surface area contributed by atoms with Gasteiger partial charge in [-0.3, -0.25) is 14.6 Å². The van der Waals surface area contributed by atoms with Crippen molar-refractivity contribution in [2.24, 2.45) is 10.9 Å². The molecule has 1 unspecified atom stereocenters. The molecule has 0 spiro atoms. The van der Waals surface area contributed by atoms with Crippen LogP contribution < -0.4 is 11.3 Å². The van der Waals surface area contributed by atoms with Gasteiger partial charge in [-0.15, -0.1) is 0 Å². The summed E-state index contributed by atoms with van der Waals surface area (Å²) in [5.74, 6) is 0.249. The van der Waals surface area contributed by atoms with Crippen LogP contribution in [0, 0.1) is 0 Å². The average molecular weight is 293 g/mol. The van der Waals surface area contributed by atoms with Crippen molar-refractivity contribution in [1.82, 2.24) is 14.4 Å². The van der Waals surface area contributed by atoms with E-state index in [9.17, 15) is 4.79 Å². The van der Waals surface area contributed by atoms with E-state index in [-0.39, 0.29) is 17.4 Å². The van der Waals surface area contributed by atoms with Gasteiger partial charge in [0.1, 0.15) is 0 Å². The molecule has 2 rings (SSSR count). The number of nitrogens with two attached hydrogens (primary N) is 1. The quantitative estimate of drug-likeness (QED) is 0.334. The lowest BCUT2D eigenvalue weighted by atomic mass is 10.2. The maximum Gasteiger partial charge on any atom is 0.250 e. The van der Waals surface area contributed by atoms with Crippen LogP contribution in [0.1, 0.15) is 6.92 Å². The molecule has 7 heteroatoms. The molecular formula is C14H23N5O2. The van der Waals surface area contributed by atoms with E-state index in [1.54, 1.807) is 16.7 Å². The summed E-state index contributed by atoms with van der Waals surface area (Å²) in [6.45, 7) is 7.09. The molecule has 1 fully saturated rings. The van der Waals surface area contributed by atoms with Crippen molar-refractivity contribution in [2.45, 2.75) is 19.5 Å². The molecule has 0 bridgehead atoms. The van der Waals surface area contributed by atoms with Gasteiger partial charge in [0.05, 0.1) is 6.04 Å². The van der Waals surface area contributed by atoms with Crippen LogP contribution in [-0.4, -0.2) is 64.2 Å². The van der Waals surface area contributed by atoms with Gasteiger partial charge in [-0.1, -0.05) is 11.2 Å². The van der Waals surface area contributed by atoms with E-state index < -0.39 is 0 Å². The Morgan fingerprint density at radius 3 is 2.67 bits per heavy atom. The maximum atomic E-state index is 11.6. The Kier molecular flexibility index (Phi) is 5.35. The van der Waals surface area contributed by atoms with Crippen molar-refractivity contribution in [3.05, 3.63) is 34.7 Å². The van der Waals surface area contributed by atoms with Gasteiger partial charge in [-0.2, -0.15) is 0 Å². The number of amidine groups is 1. The highest BCUT2D eigenvalue weighted by molar-refractivity contribution is 5.84. The first kappa shape index (κ1) is 15.5. The normalized spacial score (nSPS) is 19.6.